The number of halogens is 4. The van der Waals surface area contributed by atoms with E-state index in [0.29, 0.717) is 5.56 Å². The molecule has 2 fully saturated rings. The molecule has 0 radical (unpaired) electrons. The van der Waals surface area contributed by atoms with Crippen molar-refractivity contribution < 1.29 is 13.2 Å². The summed E-state index contributed by atoms with van der Waals surface area (Å²) in [6, 6.07) is 25.9. The third-order valence-electron chi connectivity index (χ3n) is 7.28. The second-order valence-electron chi connectivity index (χ2n) is 9.45. The summed E-state index contributed by atoms with van der Waals surface area (Å²) in [5.41, 5.74) is 2.34. The van der Waals surface area contributed by atoms with E-state index in [9.17, 15) is 13.2 Å². The normalized spacial score (nSPS) is 19.6. The molecule has 0 bridgehead atoms. The van der Waals surface area contributed by atoms with Crippen LogP contribution >= 0.6 is 11.6 Å². The summed E-state index contributed by atoms with van der Waals surface area (Å²) >= 11 is 6.13. The smallest absolute Gasteiger partial charge is 0.297 e. The van der Waals surface area contributed by atoms with E-state index >= 15 is 0 Å². The summed E-state index contributed by atoms with van der Waals surface area (Å²) in [5, 5.41) is 0.731. The standard InChI is InChI=1S/C28H28ClF3N2/c29-25-12-8-23(9-13-25)26(22-4-2-1-3-5-22)34-18-16-33(17-19-34)20-21-6-10-24(11-7-21)27(14-15-27)28(30,31)32/h1-13,26H,14-20H2. The van der Waals surface area contributed by atoms with E-state index in [1.54, 1.807) is 12.1 Å². The van der Waals surface area contributed by atoms with Gasteiger partial charge < -0.3 is 0 Å². The molecular formula is C28H28ClF3N2. The van der Waals surface area contributed by atoms with Gasteiger partial charge >= 0.3 is 6.18 Å². The van der Waals surface area contributed by atoms with E-state index in [4.69, 9.17) is 11.6 Å². The Kier molecular flexibility index (Phi) is 6.45. The molecule has 5 rings (SSSR count). The maximum Gasteiger partial charge on any atom is 0.398 e. The highest BCUT2D eigenvalue weighted by atomic mass is 35.5. The molecule has 1 saturated carbocycles. The van der Waals surface area contributed by atoms with E-state index in [0.717, 1.165) is 43.3 Å². The number of hydrogen-bond acceptors (Lipinski definition) is 2. The van der Waals surface area contributed by atoms with Crippen molar-refractivity contribution in [3.8, 4) is 0 Å². The molecule has 6 heteroatoms. The third kappa shape index (κ3) is 4.74. The molecule has 178 valence electrons. The van der Waals surface area contributed by atoms with Crippen LogP contribution in [0.15, 0.2) is 78.9 Å². The van der Waals surface area contributed by atoms with E-state index in [2.05, 4.69) is 46.2 Å². The molecule has 2 aliphatic rings. The van der Waals surface area contributed by atoms with Gasteiger partial charge in [0, 0.05) is 37.7 Å². The molecule has 0 aromatic heterocycles. The van der Waals surface area contributed by atoms with Crippen molar-refractivity contribution in [1.29, 1.82) is 0 Å². The first-order chi connectivity index (χ1) is 16.4. The van der Waals surface area contributed by atoms with Crippen molar-refractivity contribution in [2.75, 3.05) is 26.2 Å². The summed E-state index contributed by atoms with van der Waals surface area (Å²) in [6.07, 6.45) is -3.76. The largest absolute Gasteiger partial charge is 0.398 e. The maximum atomic E-state index is 13.4. The predicted molar refractivity (Wildman–Crippen MR) is 130 cm³/mol. The van der Waals surface area contributed by atoms with Crippen molar-refractivity contribution in [2.24, 2.45) is 0 Å². The van der Waals surface area contributed by atoms with Gasteiger partial charge in [-0.15, -0.1) is 0 Å². The average Bonchev–Trinajstić information content (AvgIpc) is 3.65. The molecule has 3 aromatic rings. The molecule has 1 aliphatic heterocycles. The molecule has 34 heavy (non-hydrogen) atoms. The molecule has 1 saturated heterocycles. The van der Waals surface area contributed by atoms with Gasteiger partial charge in [0.1, 0.15) is 0 Å². The fourth-order valence-electron chi connectivity index (χ4n) is 5.12. The van der Waals surface area contributed by atoms with Crippen LogP contribution in [0.25, 0.3) is 0 Å². The summed E-state index contributed by atoms with van der Waals surface area (Å²) in [4.78, 5) is 4.88. The Morgan fingerprint density at radius 3 is 1.91 bits per heavy atom. The van der Waals surface area contributed by atoms with Gasteiger partial charge in [0.05, 0.1) is 11.5 Å². The SMILES string of the molecule is FC(F)(F)C1(c2ccc(CN3CCN(C(c4ccccc4)c4ccc(Cl)cc4)CC3)cc2)CC1. The van der Waals surface area contributed by atoms with Gasteiger partial charge in [-0.2, -0.15) is 13.2 Å². The average molecular weight is 485 g/mol. The molecular weight excluding hydrogens is 457 g/mol. The molecule has 1 atom stereocenters. The van der Waals surface area contributed by atoms with Crippen LogP contribution in [0.3, 0.4) is 0 Å². The molecule has 0 amide bonds. The first-order valence-electron chi connectivity index (χ1n) is 11.8. The maximum absolute atomic E-state index is 13.4. The fraction of sp³-hybridized carbons (Fsp3) is 0.357. The molecule has 0 N–H and O–H groups in total. The molecule has 2 nitrogen and oxygen atoms in total. The lowest BCUT2D eigenvalue weighted by molar-refractivity contribution is -0.160. The Morgan fingerprint density at radius 1 is 0.765 bits per heavy atom. The Balaban J connectivity index is 1.24. The van der Waals surface area contributed by atoms with Gasteiger partial charge in [-0.05, 0) is 47.2 Å². The minimum Gasteiger partial charge on any atom is -0.297 e. The summed E-state index contributed by atoms with van der Waals surface area (Å²) in [6.45, 7) is 4.40. The Labute approximate surface area is 204 Å². The second-order valence-corrected chi connectivity index (χ2v) is 9.89. The molecule has 0 spiro atoms. The minimum atomic E-state index is -4.16. The van der Waals surface area contributed by atoms with Crippen molar-refractivity contribution >= 4 is 11.6 Å². The quantitative estimate of drug-likeness (QED) is 0.378. The van der Waals surface area contributed by atoms with Crippen molar-refractivity contribution in [3.63, 3.8) is 0 Å². The zero-order valence-corrected chi connectivity index (χ0v) is 19.7. The van der Waals surface area contributed by atoms with Crippen molar-refractivity contribution in [2.45, 2.75) is 37.0 Å². The number of alkyl halides is 3. The third-order valence-corrected chi connectivity index (χ3v) is 7.53. The highest BCUT2D eigenvalue weighted by Gasteiger charge is 2.64. The van der Waals surface area contributed by atoms with Crippen LogP contribution in [-0.2, 0) is 12.0 Å². The van der Waals surface area contributed by atoms with Crippen molar-refractivity contribution in [3.05, 3.63) is 106 Å². The van der Waals surface area contributed by atoms with Gasteiger partial charge in [0.25, 0.3) is 0 Å². The van der Waals surface area contributed by atoms with Crippen LogP contribution in [0.5, 0.6) is 0 Å². The van der Waals surface area contributed by atoms with Gasteiger partial charge in [-0.3, -0.25) is 9.80 Å². The summed E-state index contributed by atoms with van der Waals surface area (Å²) < 4.78 is 40.2. The molecule has 3 aromatic carbocycles. The Bertz CT molecular complexity index is 1090. The Hall–Kier alpha value is -2.34. The number of rotatable bonds is 6. The number of piperazine rings is 1. The lowest BCUT2D eigenvalue weighted by Crippen LogP contribution is -2.47. The lowest BCUT2D eigenvalue weighted by Gasteiger charge is -2.40. The van der Waals surface area contributed by atoms with Crippen molar-refractivity contribution in [1.82, 2.24) is 9.80 Å². The summed E-state index contributed by atoms with van der Waals surface area (Å²) in [7, 11) is 0. The van der Waals surface area contributed by atoms with Crippen LogP contribution < -0.4 is 0 Å². The Morgan fingerprint density at radius 2 is 1.35 bits per heavy atom. The van der Waals surface area contributed by atoms with E-state index in [-0.39, 0.29) is 18.9 Å². The summed E-state index contributed by atoms with van der Waals surface area (Å²) in [5.74, 6) is 0. The van der Waals surface area contributed by atoms with Gasteiger partial charge in [-0.25, -0.2) is 0 Å². The van der Waals surface area contributed by atoms with Crippen LogP contribution in [-0.4, -0.2) is 42.2 Å². The predicted octanol–water partition coefficient (Wildman–Crippen LogP) is 6.84. The minimum absolute atomic E-state index is 0.164. The van der Waals surface area contributed by atoms with E-state index in [1.165, 1.54) is 11.1 Å². The van der Waals surface area contributed by atoms with Gasteiger partial charge in [0.2, 0.25) is 0 Å². The monoisotopic (exact) mass is 484 g/mol. The first kappa shape index (κ1) is 23.4. The molecule has 1 unspecified atom stereocenters. The van der Waals surface area contributed by atoms with Crippen LogP contribution in [0.4, 0.5) is 13.2 Å². The lowest BCUT2D eigenvalue weighted by atomic mass is 9.94. The first-order valence-corrected chi connectivity index (χ1v) is 12.2. The number of nitrogens with zero attached hydrogens (tertiary/aromatic N) is 2. The second kappa shape index (κ2) is 9.37. The zero-order chi connectivity index (χ0) is 23.8. The fourth-order valence-corrected chi connectivity index (χ4v) is 5.25. The van der Waals surface area contributed by atoms with E-state index in [1.807, 2.05) is 30.3 Å². The van der Waals surface area contributed by atoms with Crippen LogP contribution in [0, 0.1) is 0 Å². The van der Waals surface area contributed by atoms with Crippen LogP contribution in [0.1, 0.15) is 41.1 Å². The van der Waals surface area contributed by atoms with E-state index < -0.39 is 11.6 Å². The topological polar surface area (TPSA) is 6.48 Å². The number of hydrogen-bond donors (Lipinski definition) is 0. The van der Waals surface area contributed by atoms with Crippen LogP contribution in [0.2, 0.25) is 5.02 Å². The van der Waals surface area contributed by atoms with Gasteiger partial charge in [-0.1, -0.05) is 78.3 Å². The zero-order valence-electron chi connectivity index (χ0n) is 18.9. The molecule has 1 aliphatic carbocycles. The highest BCUT2D eigenvalue weighted by Crippen LogP contribution is 2.58. The number of benzene rings is 3. The molecule has 1 heterocycles. The highest BCUT2D eigenvalue weighted by molar-refractivity contribution is 6.30. The van der Waals surface area contributed by atoms with Gasteiger partial charge in [0.15, 0.2) is 0 Å².